The molecule has 0 aliphatic rings. The molecule has 0 aromatic heterocycles. The van der Waals surface area contributed by atoms with Gasteiger partial charge in [-0.15, -0.1) is 0 Å². The Hall–Kier alpha value is -0.670. The summed E-state index contributed by atoms with van der Waals surface area (Å²) in [6.45, 7) is 4.36. The van der Waals surface area contributed by atoms with Crippen LogP contribution in [-0.2, 0) is 0 Å². The molecule has 84 valence electrons. The summed E-state index contributed by atoms with van der Waals surface area (Å²) in [5.41, 5.74) is 7.21. The van der Waals surface area contributed by atoms with Crippen molar-refractivity contribution in [2.45, 2.75) is 25.1 Å². The molecule has 1 atom stereocenters. The van der Waals surface area contributed by atoms with Crippen molar-refractivity contribution in [1.29, 1.82) is 0 Å². The summed E-state index contributed by atoms with van der Waals surface area (Å²) in [7, 11) is 1.68. The zero-order valence-corrected chi connectivity index (χ0v) is 10.4. The molecule has 0 fully saturated rings. The van der Waals surface area contributed by atoms with Gasteiger partial charge in [0, 0.05) is 17.4 Å². The average molecular weight is 225 g/mol. The average Bonchev–Trinajstić information content (AvgIpc) is 2.25. The molecule has 0 saturated carbocycles. The van der Waals surface area contributed by atoms with E-state index in [1.54, 1.807) is 7.11 Å². The predicted molar refractivity (Wildman–Crippen MR) is 67.5 cm³/mol. The summed E-state index contributed by atoms with van der Waals surface area (Å²) in [5.74, 6) is 1.81. The number of para-hydroxylation sites is 1. The number of rotatable bonds is 5. The molecular formula is C12H19NOS. The van der Waals surface area contributed by atoms with Crippen molar-refractivity contribution in [2.75, 3.05) is 12.9 Å². The molecule has 1 unspecified atom stereocenters. The van der Waals surface area contributed by atoms with Gasteiger partial charge in [-0.2, -0.15) is 11.8 Å². The first kappa shape index (κ1) is 12.4. The molecule has 2 nitrogen and oxygen atoms in total. The number of benzene rings is 1. The Morgan fingerprint density at radius 3 is 2.60 bits per heavy atom. The van der Waals surface area contributed by atoms with Crippen molar-refractivity contribution < 1.29 is 4.74 Å². The molecule has 1 rings (SSSR count). The first-order chi connectivity index (χ1) is 7.15. The summed E-state index contributed by atoms with van der Waals surface area (Å²) in [4.78, 5) is 0. The Morgan fingerprint density at radius 2 is 2.00 bits per heavy atom. The maximum absolute atomic E-state index is 6.12. The lowest BCUT2D eigenvalue weighted by molar-refractivity contribution is 0.407. The van der Waals surface area contributed by atoms with Crippen LogP contribution in [0.15, 0.2) is 24.3 Å². The first-order valence-corrected chi connectivity index (χ1v) is 6.20. The Kier molecular flexibility index (Phi) is 4.99. The van der Waals surface area contributed by atoms with Gasteiger partial charge in [-0.05, 0) is 11.3 Å². The van der Waals surface area contributed by atoms with E-state index in [1.807, 2.05) is 36.0 Å². The number of nitrogens with two attached hydrogens (primary N) is 1. The van der Waals surface area contributed by atoms with Gasteiger partial charge in [-0.1, -0.05) is 32.0 Å². The fourth-order valence-electron chi connectivity index (χ4n) is 1.36. The van der Waals surface area contributed by atoms with Crippen LogP contribution in [0, 0.1) is 0 Å². The first-order valence-electron chi connectivity index (χ1n) is 5.15. The number of ether oxygens (including phenoxy) is 1. The zero-order chi connectivity index (χ0) is 11.3. The Morgan fingerprint density at radius 1 is 1.33 bits per heavy atom. The highest BCUT2D eigenvalue weighted by Gasteiger charge is 2.11. The monoisotopic (exact) mass is 225 g/mol. The Balaban J connectivity index is 2.68. The van der Waals surface area contributed by atoms with Crippen LogP contribution in [-0.4, -0.2) is 18.1 Å². The lowest BCUT2D eigenvalue weighted by atomic mass is 10.1. The maximum Gasteiger partial charge on any atom is 0.123 e. The molecule has 1 aromatic rings. The molecule has 0 spiro atoms. The number of thioether (sulfide) groups is 1. The number of methoxy groups -OCH3 is 1. The largest absolute Gasteiger partial charge is 0.496 e. The van der Waals surface area contributed by atoms with E-state index < -0.39 is 0 Å². The van der Waals surface area contributed by atoms with Crippen LogP contribution >= 0.6 is 11.8 Å². The highest BCUT2D eigenvalue weighted by atomic mass is 32.2. The van der Waals surface area contributed by atoms with Crippen molar-refractivity contribution in [3.63, 3.8) is 0 Å². The predicted octanol–water partition coefficient (Wildman–Crippen LogP) is 2.84. The molecule has 0 aliphatic heterocycles. The minimum atomic E-state index is 0.0496. The third-order valence-corrected chi connectivity index (χ3v) is 3.37. The molecule has 3 heteroatoms. The second-order valence-electron chi connectivity index (χ2n) is 3.73. The lowest BCUT2D eigenvalue weighted by Crippen LogP contribution is -2.15. The van der Waals surface area contributed by atoms with E-state index in [4.69, 9.17) is 10.5 Å². The SMILES string of the molecule is COc1ccccc1C(N)CSC(C)C. The van der Waals surface area contributed by atoms with Crippen molar-refractivity contribution in [3.8, 4) is 5.75 Å². The van der Waals surface area contributed by atoms with E-state index in [0.29, 0.717) is 5.25 Å². The molecule has 1 aromatic carbocycles. The fourth-order valence-corrected chi connectivity index (χ4v) is 2.13. The minimum Gasteiger partial charge on any atom is -0.496 e. The van der Waals surface area contributed by atoms with Gasteiger partial charge in [0.15, 0.2) is 0 Å². The molecular weight excluding hydrogens is 206 g/mol. The summed E-state index contributed by atoms with van der Waals surface area (Å²) < 4.78 is 5.28. The van der Waals surface area contributed by atoms with Crippen molar-refractivity contribution in [1.82, 2.24) is 0 Å². The maximum atomic E-state index is 6.12. The summed E-state index contributed by atoms with van der Waals surface area (Å²) >= 11 is 1.87. The van der Waals surface area contributed by atoms with Gasteiger partial charge in [-0.3, -0.25) is 0 Å². The summed E-state index contributed by atoms with van der Waals surface area (Å²) in [5, 5.41) is 0.616. The summed E-state index contributed by atoms with van der Waals surface area (Å²) in [6.07, 6.45) is 0. The molecule has 0 bridgehead atoms. The molecule has 0 heterocycles. The van der Waals surface area contributed by atoms with Gasteiger partial charge in [0.05, 0.1) is 7.11 Å². The van der Waals surface area contributed by atoms with Gasteiger partial charge in [0.1, 0.15) is 5.75 Å². The highest BCUT2D eigenvalue weighted by molar-refractivity contribution is 7.99. The van der Waals surface area contributed by atoms with Crippen molar-refractivity contribution >= 4 is 11.8 Å². The topological polar surface area (TPSA) is 35.2 Å². The molecule has 0 amide bonds. The Labute approximate surface area is 96.2 Å². The van der Waals surface area contributed by atoms with E-state index >= 15 is 0 Å². The minimum absolute atomic E-state index is 0.0496. The van der Waals surface area contributed by atoms with E-state index in [-0.39, 0.29) is 6.04 Å². The van der Waals surface area contributed by atoms with Crippen LogP contribution in [0.4, 0.5) is 0 Å². The molecule has 15 heavy (non-hydrogen) atoms. The zero-order valence-electron chi connectivity index (χ0n) is 9.57. The molecule has 0 radical (unpaired) electrons. The van der Waals surface area contributed by atoms with Gasteiger partial charge in [-0.25, -0.2) is 0 Å². The van der Waals surface area contributed by atoms with Gasteiger partial charge < -0.3 is 10.5 Å². The van der Waals surface area contributed by atoms with Crippen molar-refractivity contribution in [3.05, 3.63) is 29.8 Å². The highest BCUT2D eigenvalue weighted by Crippen LogP contribution is 2.26. The second-order valence-corrected chi connectivity index (χ2v) is 5.34. The van der Waals surface area contributed by atoms with E-state index in [0.717, 1.165) is 17.1 Å². The Bertz CT molecular complexity index is 301. The van der Waals surface area contributed by atoms with E-state index in [9.17, 15) is 0 Å². The van der Waals surface area contributed by atoms with Crippen LogP contribution in [0.3, 0.4) is 0 Å². The van der Waals surface area contributed by atoms with Crippen LogP contribution in [0.25, 0.3) is 0 Å². The van der Waals surface area contributed by atoms with Gasteiger partial charge in [0.2, 0.25) is 0 Å². The van der Waals surface area contributed by atoms with Crippen LogP contribution in [0.1, 0.15) is 25.5 Å². The molecule has 2 N–H and O–H groups in total. The normalized spacial score (nSPS) is 12.9. The van der Waals surface area contributed by atoms with Crippen LogP contribution in [0.5, 0.6) is 5.75 Å². The second kappa shape index (κ2) is 6.03. The van der Waals surface area contributed by atoms with E-state index in [2.05, 4.69) is 13.8 Å². The third-order valence-electron chi connectivity index (χ3n) is 2.15. The molecule has 0 aliphatic carbocycles. The third kappa shape index (κ3) is 3.76. The quantitative estimate of drug-likeness (QED) is 0.837. The lowest BCUT2D eigenvalue weighted by Gasteiger charge is -2.16. The van der Waals surface area contributed by atoms with Crippen molar-refractivity contribution in [2.24, 2.45) is 5.73 Å². The fraction of sp³-hybridized carbons (Fsp3) is 0.500. The number of hydrogen-bond acceptors (Lipinski definition) is 3. The van der Waals surface area contributed by atoms with E-state index in [1.165, 1.54) is 0 Å². The standard InChI is InChI=1S/C12H19NOS/c1-9(2)15-8-11(13)10-6-4-5-7-12(10)14-3/h4-7,9,11H,8,13H2,1-3H3. The van der Waals surface area contributed by atoms with Gasteiger partial charge >= 0.3 is 0 Å². The van der Waals surface area contributed by atoms with Crippen LogP contribution in [0.2, 0.25) is 0 Å². The van der Waals surface area contributed by atoms with Crippen LogP contribution < -0.4 is 10.5 Å². The molecule has 0 saturated heterocycles. The van der Waals surface area contributed by atoms with Gasteiger partial charge in [0.25, 0.3) is 0 Å². The smallest absolute Gasteiger partial charge is 0.123 e. The number of hydrogen-bond donors (Lipinski definition) is 1. The summed E-state index contributed by atoms with van der Waals surface area (Å²) in [6, 6.07) is 8.00.